The van der Waals surface area contributed by atoms with Gasteiger partial charge in [-0.05, 0) is 54.4 Å². The maximum Gasteiger partial charge on any atom is 0.588 e. The molecule has 2 unspecified atom stereocenters. The first kappa shape index (κ1) is 29.0. The van der Waals surface area contributed by atoms with Crippen molar-refractivity contribution in [3.8, 4) is 11.5 Å². The number of phosphoric acid groups is 1. The summed E-state index contributed by atoms with van der Waals surface area (Å²) in [5.74, 6) is -0.165. The number of pyridine rings is 1. The average Bonchev–Trinajstić information content (AvgIpc) is 3.02. The molecule has 0 fully saturated rings. The molecule has 7 nitrogen and oxygen atoms in total. The molecule has 0 saturated carbocycles. The molecule has 0 aliphatic heterocycles. The number of hydrogen-bond donors (Lipinski definition) is 0. The van der Waals surface area contributed by atoms with Crippen LogP contribution in [-0.2, 0) is 19.3 Å². The van der Waals surface area contributed by atoms with E-state index < -0.39 is 25.3 Å². The van der Waals surface area contributed by atoms with Crippen LogP contribution >= 0.6 is 20.0 Å². The zero-order valence-corrected chi connectivity index (χ0v) is 24.4. The Labute approximate surface area is 249 Å². The molecular weight excluding hydrogens is 569 g/mol. The molecule has 0 saturated heterocycles. The number of nitrogens with zero attached hydrogens (tertiary/aromatic N) is 1. The molecule has 212 valence electrons. The van der Waals surface area contributed by atoms with Crippen molar-refractivity contribution < 1.29 is 27.8 Å². The van der Waals surface area contributed by atoms with Crippen LogP contribution in [0.5, 0.6) is 11.5 Å². The summed E-state index contributed by atoms with van der Waals surface area (Å²) in [6.07, 6.45) is 0.344. The molecule has 0 radical (unpaired) electrons. The van der Waals surface area contributed by atoms with Crippen LogP contribution in [0.25, 0.3) is 0 Å². The minimum atomic E-state index is -4.47. The second-order valence-corrected chi connectivity index (χ2v) is 11.4. The molecule has 42 heavy (non-hydrogen) atoms. The van der Waals surface area contributed by atoms with Gasteiger partial charge in [0.15, 0.2) is 0 Å². The lowest BCUT2D eigenvalue weighted by Crippen LogP contribution is -2.45. The standard InChI is InChI=1S/C33H28NO6PS/c1-33(27-18-8-3-9-19-27,32(35)37-34-25-15-14-24-30(34)42)31(26-16-6-2-7-17-26)40-41(36,38-28-20-10-4-11-21-28)39-29-22-12-5-13-23-29/h2-25,31H,1H3. The molecule has 0 spiro atoms. The van der Waals surface area contributed by atoms with Gasteiger partial charge in [0.05, 0.1) is 0 Å². The van der Waals surface area contributed by atoms with E-state index in [-0.39, 0.29) is 11.5 Å². The third kappa shape index (κ3) is 6.69. The molecule has 4 aromatic carbocycles. The summed E-state index contributed by atoms with van der Waals surface area (Å²) in [5, 5.41) is 0. The van der Waals surface area contributed by atoms with E-state index in [0.717, 1.165) is 0 Å². The van der Waals surface area contributed by atoms with Crippen molar-refractivity contribution in [2.45, 2.75) is 18.4 Å². The number of carbonyl (C=O) groups is 1. The van der Waals surface area contributed by atoms with Crippen LogP contribution in [0.1, 0.15) is 24.2 Å². The fourth-order valence-electron chi connectivity index (χ4n) is 4.37. The molecular formula is C33H28NO6PS. The monoisotopic (exact) mass is 597 g/mol. The summed E-state index contributed by atoms with van der Waals surface area (Å²) < 4.78 is 34.4. The van der Waals surface area contributed by atoms with E-state index in [0.29, 0.717) is 15.8 Å². The van der Waals surface area contributed by atoms with Crippen molar-refractivity contribution in [3.63, 3.8) is 0 Å². The second kappa shape index (κ2) is 13.0. The fourth-order valence-corrected chi connectivity index (χ4v) is 6.02. The van der Waals surface area contributed by atoms with Gasteiger partial charge in [0, 0.05) is 6.20 Å². The molecule has 0 aliphatic rings. The Balaban J connectivity index is 1.65. The third-order valence-electron chi connectivity index (χ3n) is 6.55. The van der Waals surface area contributed by atoms with Crippen LogP contribution < -0.4 is 13.9 Å². The highest BCUT2D eigenvalue weighted by Gasteiger charge is 2.51. The van der Waals surface area contributed by atoms with Crippen molar-refractivity contribution in [2.75, 3.05) is 0 Å². The number of carbonyl (C=O) groups excluding carboxylic acids is 1. The third-order valence-corrected chi connectivity index (χ3v) is 8.20. The Kier molecular flexibility index (Phi) is 8.98. The predicted molar refractivity (Wildman–Crippen MR) is 163 cm³/mol. The number of rotatable bonds is 11. The first-order valence-corrected chi connectivity index (χ1v) is 15.0. The molecule has 2 atom stereocenters. The van der Waals surface area contributed by atoms with Gasteiger partial charge in [-0.2, -0.15) is 4.73 Å². The number of aromatic nitrogens is 1. The smallest absolute Gasteiger partial charge is 0.395 e. The van der Waals surface area contributed by atoms with Crippen LogP contribution in [0, 0.1) is 4.64 Å². The van der Waals surface area contributed by atoms with E-state index in [9.17, 15) is 9.36 Å². The van der Waals surface area contributed by atoms with Gasteiger partial charge in [0.1, 0.15) is 27.7 Å². The highest BCUT2D eigenvalue weighted by atomic mass is 32.1. The Morgan fingerprint density at radius 3 is 1.71 bits per heavy atom. The van der Waals surface area contributed by atoms with Gasteiger partial charge in [-0.25, -0.2) is 9.36 Å². The molecule has 9 heteroatoms. The van der Waals surface area contributed by atoms with Crippen LogP contribution in [0.15, 0.2) is 146 Å². The first-order valence-electron chi connectivity index (χ1n) is 13.2. The molecule has 1 heterocycles. The van der Waals surface area contributed by atoms with Crippen LogP contribution in [-0.4, -0.2) is 10.7 Å². The Bertz CT molecular complexity index is 1670. The quantitative estimate of drug-likeness (QED) is 0.112. The molecule has 0 bridgehead atoms. The zero-order chi connectivity index (χ0) is 29.4. The molecule has 5 rings (SSSR count). The van der Waals surface area contributed by atoms with Gasteiger partial charge in [0.2, 0.25) is 0 Å². The van der Waals surface area contributed by atoms with Crippen molar-refractivity contribution in [1.82, 2.24) is 4.73 Å². The van der Waals surface area contributed by atoms with Crippen molar-refractivity contribution >= 4 is 26.0 Å². The predicted octanol–water partition coefficient (Wildman–Crippen LogP) is 8.15. The van der Waals surface area contributed by atoms with Crippen molar-refractivity contribution in [2.24, 2.45) is 0 Å². The second-order valence-electron chi connectivity index (χ2n) is 9.46. The summed E-state index contributed by atoms with van der Waals surface area (Å²) in [4.78, 5) is 20.1. The maximum atomic E-state index is 14.6. The van der Waals surface area contributed by atoms with E-state index in [1.54, 1.807) is 141 Å². The van der Waals surface area contributed by atoms with Gasteiger partial charge < -0.3 is 13.9 Å². The highest BCUT2D eigenvalue weighted by Crippen LogP contribution is 2.56. The summed E-state index contributed by atoms with van der Waals surface area (Å²) in [6.45, 7) is 1.67. The molecule has 0 amide bonds. The van der Waals surface area contributed by atoms with E-state index >= 15 is 0 Å². The normalized spacial score (nSPS) is 13.4. The lowest BCUT2D eigenvalue weighted by Gasteiger charge is -2.36. The summed E-state index contributed by atoms with van der Waals surface area (Å²) >= 11 is 5.37. The summed E-state index contributed by atoms with van der Waals surface area (Å²) in [5.41, 5.74) is -0.466. The van der Waals surface area contributed by atoms with E-state index in [1.807, 2.05) is 12.1 Å². The number of para-hydroxylation sites is 2. The first-order chi connectivity index (χ1) is 20.4. The Morgan fingerprint density at radius 1 is 0.714 bits per heavy atom. The lowest BCUT2D eigenvalue weighted by molar-refractivity contribution is -0.155. The minimum Gasteiger partial charge on any atom is -0.395 e. The Hall–Kier alpha value is -4.49. The van der Waals surface area contributed by atoms with Gasteiger partial charge in [-0.15, -0.1) is 0 Å². The lowest BCUT2D eigenvalue weighted by atomic mass is 9.75. The molecule has 0 aliphatic carbocycles. The SMILES string of the molecule is CC(C(=O)On1ccccc1=S)(c1ccccc1)C(OP(=O)(Oc1ccccc1)Oc1ccccc1)c1ccccc1. The number of phosphoric ester groups is 1. The molecule has 5 aromatic rings. The van der Waals surface area contributed by atoms with Crippen LogP contribution in [0.2, 0.25) is 0 Å². The fraction of sp³-hybridized carbons (Fsp3) is 0.0909. The van der Waals surface area contributed by atoms with Gasteiger partial charge >= 0.3 is 13.8 Å². The maximum absolute atomic E-state index is 14.6. The van der Waals surface area contributed by atoms with Crippen LogP contribution in [0.4, 0.5) is 0 Å². The average molecular weight is 598 g/mol. The largest absolute Gasteiger partial charge is 0.588 e. The topological polar surface area (TPSA) is 76.0 Å². The van der Waals surface area contributed by atoms with E-state index in [4.69, 9.17) is 30.6 Å². The highest BCUT2D eigenvalue weighted by molar-refractivity contribution is 7.71. The van der Waals surface area contributed by atoms with Gasteiger partial charge in [0.25, 0.3) is 0 Å². The van der Waals surface area contributed by atoms with E-state index in [2.05, 4.69) is 0 Å². The molecule has 1 aromatic heterocycles. The molecule has 0 N–H and O–H groups in total. The summed E-state index contributed by atoms with van der Waals surface area (Å²) in [7, 11) is -4.47. The van der Waals surface area contributed by atoms with Gasteiger partial charge in [-0.3, -0.25) is 4.52 Å². The van der Waals surface area contributed by atoms with Crippen molar-refractivity contribution in [1.29, 1.82) is 0 Å². The Morgan fingerprint density at radius 2 is 1.19 bits per heavy atom. The van der Waals surface area contributed by atoms with Crippen molar-refractivity contribution in [3.05, 3.63) is 161 Å². The minimum absolute atomic E-state index is 0.267. The number of benzene rings is 4. The summed E-state index contributed by atoms with van der Waals surface area (Å²) in [6, 6.07) is 40.2. The zero-order valence-electron chi connectivity index (χ0n) is 22.7. The van der Waals surface area contributed by atoms with Crippen LogP contribution in [0.3, 0.4) is 0 Å². The number of hydrogen-bond acceptors (Lipinski definition) is 7. The van der Waals surface area contributed by atoms with E-state index in [1.165, 1.54) is 4.73 Å². The van der Waals surface area contributed by atoms with Gasteiger partial charge in [-0.1, -0.05) is 115 Å².